The van der Waals surface area contributed by atoms with Crippen LogP contribution in [-0.4, -0.2) is 5.11 Å². The molecule has 0 heterocycles. The van der Waals surface area contributed by atoms with E-state index in [-0.39, 0.29) is 11.8 Å². The Hall–Kier alpha value is -1.80. The number of phenolic OH excluding ortho intramolecular Hbond substituents is 1. The van der Waals surface area contributed by atoms with E-state index in [2.05, 4.69) is 0 Å². The standard InChI is InChI=1S/C14H15NO/c15-14(12-4-2-1-3-5-12)10-11-6-8-13(16)9-7-11/h1-9,14,16H,10,15H2/t14-/m0/s1. The van der Waals surface area contributed by atoms with Crippen LogP contribution in [0.4, 0.5) is 0 Å². The molecular formula is C14H15NO. The number of hydrogen-bond donors (Lipinski definition) is 2. The lowest BCUT2D eigenvalue weighted by molar-refractivity contribution is 0.475. The van der Waals surface area contributed by atoms with E-state index in [4.69, 9.17) is 5.73 Å². The summed E-state index contributed by atoms with van der Waals surface area (Å²) in [5, 5.41) is 9.18. The van der Waals surface area contributed by atoms with Gasteiger partial charge in [-0.15, -0.1) is 0 Å². The van der Waals surface area contributed by atoms with Crippen molar-refractivity contribution in [3.8, 4) is 5.75 Å². The first-order valence-electron chi connectivity index (χ1n) is 5.34. The third kappa shape index (κ3) is 2.61. The molecule has 2 aromatic rings. The van der Waals surface area contributed by atoms with Gasteiger partial charge in [0.15, 0.2) is 0 Å². The molecule has 0 fully saturated rings. The zero-order valence-electron chi connectivity index (χ0n) is 9.01. The average molecular weight is 213 g/mol. The summed E-state index contributed by atoms with van der Waals surface area (Å²) in [6, 6.07) is 17.2. The van der Waals surface area contributed by atoms with Crippen molar-refractivity contribution >= 4 is 0 Å². The molecule has 0 radical (unpaired) electrons. The number of rotatable bonds is 3. The van der Waals surface area contributed by atoms with Crippen molar-refractivity contribution in [2.45, 2.75) is 12.5 Å². The Morgan fingerprint density at radius 3 is 2.19 bits per heavy atom. The highest BCUT2D eigenvalue weighted by Crippen LogP contribution is 2.17. The fourth-order valence-electron chi connectivity index (χ4n) is 1.70. The van der Waals surface area contributed by atoms with Crippen LogP contribution in [0.15, 0.2) is 54.6 Å². The van der Waals surface area contributed by atoms with Crippen molar-refractivity contribution in [3.63, 3.8) is 0 Å². The lowest BCUT2D eigenvalue weighted by Gasteiger charge is -2.11. The summed E-state index contributed by atoms with van der Waals surface area (Å²) in [5.41, 5.74) is 8.37. The van der Waals surface area contributed by atoms with Gasteiger partial charge in [-0.05, 0) is 29.7 Å². The Morgan fingerprint density at radius 2 is 1.56 bits per heavy atom. The maximum absolute atomic E-state index is 9.18. The van der Waals surface area contributed by atoms with Crippen LogP contribution in [0, 0.1) is 0 Å². The van der Waals surface area contributed by atoms with E-state index in [9.17, 15) is 5.11 Å². The minimum absolute atomic E-state index is 0.00532. The van der Waals surface area contributed by atoms with Crippen molar-refractivity contribution in [2.24, 2.45) is 5.73 Å². The molecule has 0 aliphatic rings. The van der Waals surface area contributed by atoms with Crippen molar-refractivity contribution in [1.82, 2.24) is 0 Å². The summed E-state index contributed by atoms with van der Waals surface area (Å²) in [4.78, 5) is 0. The van der Waals surface area contributed by atoms with Gasteiger partial charge >= 0.3 is 0 Å². The zero-order valence-corrected chi connectivity index (χ0v) is 9.01. The molecule has 0 bridgehead atoms. The summed E-state index contributed by atoms with van der Waals surface area (Å²) in [6.45, 7) is 0. The molecule has 2 aromatic carbocycles. The van der Waals surface area contributed by atoms with Crippen molar-refractivity contribution < 1.29 is 5.11 Å². The maximum Gasteiger partial charge on any atom is 0.115 e. The van der Waals surface area contributed by atoms with Crippen molar-refractivity contribution in [3.05, 3.63) is 65.7 Å². The predicted octanol–water partition coefficient (Wildman–Crippen LogP) is 2.63. The van der Waals surface area contributed by atoms with Gasteiger partial charge in [0.2, 0.25) is 0 Å². The second-order valence-electron chi connectivity index (χ2n) is 3.89. The topological polar surface area (TPSA) is 46.2 Å². The molecule has 0 aliphatic heterocycles. The van der Waals surface area contributed by atoms with Crippen molar-refractivity contribution in [1.29, 1.82) is 0 Å². The Labute approximate surface area is 95.4 Å². The van der Waals surface area contributed by atoms with Gasteiger partial charge in [-0.3, -0.25) is 0 Å². The zero-order chi connectivity index (χ0) is 11.4. The second kappa shape index (κ2) is 4.81. The fourth-order valence-corrected chi connectivity index (χ4v) is 1.70. The predicted molar refractivity (Wildman–Crippen MR) is 65.2 cm³/mol. The van der Waals surface area contributed by atoms with Gasteiger partial charge in [-0.25, -0.2) is 0 Å². The number of benzene rings is 2. The lowest BCUT2D eigenvalue weighted by Crippen LogP contribution is -2.12. The van der Waals surface area contributed by atoms with E-state index < -0.39 is 0 Å². The second-order valence-corrected chi connectivity index (χ2v) is 3.89. The molecule has 82 valence electrons. The minimum atomic E-state index is 0.00532. The van der Waals surface area contributed by atoms with E-state index in [1.807, 2.05) is 42.5 Å². The molecule has 0 amide bonds. The molecule has 0 aliphatic carbocycles. The number of nitrogens with two attached hydrogens (primary N) is 1. The summed E-state index contributed by atoms with van der Waals surface area (Å²) in [5.74, 6) is 0.289. The number of phenols is 1. The number of hydrogen-bond acceptors (Lipinski definition) is 2. The molecule has 0 spiro atoms. The molecule has 2 rings (SSSR count). The Balaban J connectivity index is 2.08. The van der Waals surface area contributed by atoms with Crippen LogP contribution in [-0.2, 0) is 6.42 Å². The fraction of sp³-hybridized carbons (Fsp3) is 0.143. The van der Waals surface area contributed by atoms with Crippen LogP contribution in [0.25, 0.3) is 0 Å². The third-order valence-corrected chi connectivity index (χ3v) is 2.62. The number of aromatic hydroxyl groups is 1. The van der Waals surface area contributed by atoms with Gasteiger partial charge < -0.3 is 10.8 Å². The molecule has 0 saturated carbocycles. The van der Waals surface area contributed by atoms with Gasteiger partial charge in [-0.2, -0.15) is 0 Å². The van der Waals surface area contributed by atoms with Crippen LogP contribution in [0.2, 0.25) is 0 Å². The maximum atomic E-state index is 9.18. The van der Waals surface area contributed by atoms with Gasteiger partial charge in [-0.1, -0.05) is 42.5 Å². The summed E-state index contributed by atoms with van der Waals surface area (Å²) < 4.78 is 0. The van der Waals surface area contributed by atoms with E-state index in [1.54, 1.807) is 12.1 Å². The lowest BCUT2D eigenvalue weighted by atomic mass is 10.00. The monoisotopic (exact) mass is 213 g/mol. The van der Waals surface area contributed by atoms with Gasteiger partial charge in [0.05, 0.1) is 0 Å². The van der Waals surface area contributed by atoms with E-state index in [0.717, 1.165) is 17.5 Å². The van der Waals surface area contributed by atoms with Gasteiger partial charge in [0.1, 0.15) is 5.75 Å². The molecule has 2 heteroatoms. The largest absolute Gasteiger partial charge is 0.508 e. The Bertz CT molecular complexity index is 436. The smallest absolute Gasteiger partial charge is 0.115 e. The van der Waals surface area contributed by atoms with Gasteiger partial charge in [0, 0.05) is 6.04 Å². The minimum Gasteiger partial charge on any atom is -0.508 e. The summed E-state index contributed by atoms with van der Waals surface area (Å²) in [6.07, 6.45) is 0.782. The Morgan fingerprint density at radius 1 is 0.938 bits per heavy atom. The quantitative estimate of drug-likeness (QED) is 0.823. The van der Waals surface area contributed by atoms with Crippen LogP contribution in [0.1, 0.15) is 17.2 Å². The first-order valence-corrected chi connectivity index (χ1v) is 5.34. The van der Waals surface area contributed by atoms with Crippen LogP contribution in [0.3, 0.4) is 0 Å². The first-order chi connectivity index (χ1) is 7.75. The van der Waals surface area contributed by atoms with Crippen LogP contribution in [0.5, 0.6) is 5.75 Å². The van der Waals surface area contributed by atoms with E-state index >= 15 is 0 Å². The molecular weight excluding hydrogens is 198 g/mol. The van der Waals surface area contributed by atoms with E-state index in [0.29, 0.717) is 0 Å². The molecule has 0 aromatic heterocycles. The molecule has 1 atom stereocenters. The van der Waals surface area contributed by atoms with E-state index in [1.165, 1.54) is 0 Å². The molecule has 2 nitrogen and oxygen atoms in total. The average Bonchev–Trinajstić information content (AvgIpc) is 2.33. The SMILES string of the molecule is N[C@@H](Cc1ccc(O)cc1)c1ccccc1. The molecule has 0 unspecified atom stereocenters. The highest BCUT2D eigenvalue weighted by Gasteiger charge is 2.06. The highest BCUT2D eigenvalue weighted by atomic mass is 16.3. The molecule has 3 N–H and O–H groups in total. The van der Waals surface area contributed by atoms with Gasteiger partial charge in [0.25, 0.3) is 0 Å². The first kappa shape index (κ1) is 10.7. The van der Waals surface area contributed by atoms with Crippen molar-refractivity contribution in [2.75, 3.05) is 0 Å². The molecule has 16 heavy (non-hydrogen) atoms. The van der Waals surface area contributed by atoms with Crippen LogP contribution >= 0.6 is 0 Å². The third-order valence-electron chi connectivity index (χ3n) is 2.62. The summed E-state index contributed by atoms with van der Waals surface area (Å²) in [7, 11) is 0. The normalized spacial score (nSPS) is 12.3. The summed E-state index contributed by atoms with van der Waals surface area (Å²) >= 11 is 0. The highest BCUT2D eigenvalue weighted by molar-refractivity contribution is 5.28. The van der Waals surface area contributed by atoms with Crippen LogP contribution < -0.4 is 5.73 Å². The Kier molecular flexibility index (Phi) is 3.22. The molecule has 0 saturated heterocycles.